The third kappa shape index (κ3) is 4.64. The van der Waals surface area contributed by atoms with Crippen LogP contribution in [0.4, 0.5) is 0 Å². The normalized spacial score (nSPS) is 19.3. The third-order valence-corrected chi connectivity index (χ3v) is 5.07. The van der Waals surface area contributed by atoms with E-state index in [2.05, 4.69) is 5.32 Å². The van der Waals surface area contributed by atoms with Crippen LogP contribution in [0, 0.1) is 0 Å². The molecule has 0 saturated carbocycles. The van der Waals surface area contributed by atoms with Crippen molar-refractivity contribution >= 4 is 30.8 Å². The highest BCUT2D eigenvalue weighted by Gasteiger charge is 2.52. The first kappa shape index (κ1) is 20.0. The highest BCUT2D eigenvalue weighted by Crippen LogP contribution is 2.38. The summed E-state index contributed by atoms with van der Waals surface area (Å²) >= 11 is 6.09. The SMILES string of the molecule is CNCC(=Cc1ccc(Cl)c(CC(=O)O)c1)B1OC(C)(C)C(C)(C)O1. The van der Waals surface area contributed by atoms with Crippen LogP contribution in [-0.2, 0) is 20.5 Å². The molecule has 0 bridgehead atoms. The maximum Gasteiger partial charge on any atom is 0.491 e. The minimum atomic E-state index is -0.913. The summed E-state index contributed by atoms with van der Waals surface area (Å²) in [7, 11) is 1.40. The van der Waals surface area contributed by atoms with Crippen molar-refractivity contribution in [2.45, 2.75) is 45.3 Å². The van der Waals surface area contributed by atoms with Gasteiger partial charge in [0.25, 0.3) is 0 Å². The summed E-state index contributed by atoms with van der Waals surface area (Å²) in [4.78, 5) is 11.0. The average molecular weight is 366 g/mol. The van der Waals surface area contributed by atoms with E-state index in [1.165, 1.54) is 0 Å². The van der Waals surface area contributed by atoms with E-state index < -0.39 is 24.3 Å². The molecule has 1 aromatic carbocycles. The minimum Gasteiger partial charge on any atom is -0.481 e. The number of aliphatic carboxylic acids is 1. The van der Waals surface area contributed by atoms with Gasteiger partial charge in [0, 0.05) is 11.6 Å². The van der Waals surface area contributed by atoms with Gasteiger partial charge in [0.1, 0.15) is 0 Å². The highest BCUT2D eigenvalue weighted by atomic mass is 35.5. The average Bonchev–Trinajstić information content (AvgIpc) is 2.70. The van der Waals surface area contributed by atoms with E-state index in [-0.39, 0.29) is 6.42 Å². The van der Waals surface area contributed by atoms with Gasteiger partial charge in [-0.3, -0.25) is 4.79 Å². The topological polar surface area (TPSA) is 67.8 Å². The van der Waals surface area contributed by atoms with E-state index in [1.54, 1.807) is 12.1 Å². The zero-order chi connectivity index (χ0) is 18.8. The number of hydrogen-bond donors (Lipinski definition) is 2. The van der Waals surface area contributed by atoms with Gasteiger partial charge in [-0.1, -0.05) is 23.7 Å². The van der Waals surface area contributed by atoms with Crippen LogP contribution < -0.4 is 5.32 Å². The monoisotopic (exact) mass is 365 g/mol. The number of carboxylic acid groups (broad SMARTS) is 1. The van der Waals surface area contributed by atoms with E-state index in [4.69, 9.17) is 26.0 Å². The van der Waals surface area contributed by atoms with Gasteiger partial charge in [0.05, 0.1) is 17.6 Å². The minimum absolute atomic E-state index is 0.113. The van der Waals surface area contributed by atoms with Crippen LogP contribution >= 0.6 is 11.6 Å². The number of carbonyl (C=O) groups is 1. The molecule has 7 heteroatoms. The van der Waals surface area contributed by atoms with Gasteiger partial charge in [0.15, 0.2) is 0 Å². The maximum absolute atomic E-state index is 11.0. The van der Waals surface area contributed by atoms with Gasteiger partial charge < -0.3 is 19.7 Å². The van der Waals surface area contributed by atoms with E-state index in [1.807, 2.05) is 46.9 Å². The lowest BCUT2D eigenvalue weighted by molar-refractivity contribution is -0.136. The number of benzene rings is 1. The van der Waals surface area contributed by atoms with Gasteiger partial charge in [-0.15, -0.1) is 0 Å². The summed E-state index contributed by atoms with van der Waals surface area (Å²) in [6, 6.07) is 5.36. The molecule has 136 valence electrons. The Morgan fingerprint density at radius 2 is 1.88 bits per heavy atom. The molecule has 1 aliphatic heterocycles. The maximum atomic E-state index is 11.0. The number of hydrogen-bond acceptors (Lipinski definition) is 4. The summed E-state index contributed by atoms with van der Waals surface area (Å²) < 4.78 is 12.2. The molecule has 5 nitrogen and oxygen atoms in total. The predicted octanol–water partition coefficient (Wildman–Crippen LogP) is 3.20. The fourth-order valence-electron chi connectivity index (χ4n) is 2.60. The Bertz CT molecular complexity index is 672. The van der Waals surface area contributed by atoms with E-state index >= 15 is 0 Å². The second kappa shape index (κ2) is 7.50. The first-order valence-electron chi connectivity index (χ1n) is 8.26. The second-order valence-corrected chi connectivity index (χ2v) is 7.67. The van der Waals surface area contributed by atoms with E-state index in [9.17, 15) is 4.79 Å². The Hall–Kier alpha value is -1.34. The van der Waals surface area contributed by atoms with Gasteiger partial charge in [0.2, 0.25) is 0 Å². The summed E-state index contributed by atoms with van der Waals surface area (Å²) in [6.45, 7) is 8.64. The van der Waals surface area contributed by atoms with Crippen LogP contribution in [0.1, 0.15) is 38.8 Å². The van der Waals surface area contributed by atoms with Crippen molar-refractivity contribution in [2.24, 2.45) is 0 Å². The summed E-state index contributed by atoms with van der Waals surface area (Å²) in [6.07, 6.45) is 1.85. The van der Waals surface area contributed by atoms with Crippen molar-refractivity contribution in [3.05, 3.63) is 39.8 Å². The van der Waals surface area contributed by atoms with Crippen LogP contribution in [-0.4, -0.2) is 43.0 Å². The first-order valence-corrected chi connectivity index (χ1v) is 8.64. The Balaban J connectivity index is 2.33. The van der Waals surface area contributed by atoms with Crippen LogP contribution in [0.15, 0.2) is 23.7 Å². The molecule has 0 radical (unpaired) electrons. The summed E-state index contributed by atoms with van der Waals surface area (Å²) in [5.74, 6) is -0.913. The molecular formula is C18H25BClNO4. The van der Waals surface area contributed by atoms with Gasteiger partial charge in [-0.05, 0) is 63.5 Å². The molecular weight excluding hydrogens is 340 g/mol. The molecule has 1 aromatic rings. The van der Waals surface area contributed by atoms with Gasteiger partial charge in [-0.25, -0.2) is 0 Å². The summed E-state index contributed by atoms with van der Waals surface area (Å²) in [5, 5.41) is 12.6. The van der Waals surface area contributed by atoms with Gasteiger partial charge >= 0.3 is 13.1 Å². The first-order chi connectivity index (χ1) is 11.6. The number of nitrogens with one attached hydrogen (secondary N) is 1. The standard InChI is InChI=1S/C18H25BClNO4/c1-17(2)18(3,4)25-19(24-17)14(11-21-5)9-12-6-7-15(20)13(8-12)10-16(22)23/h6-9,21H,10-11H2,1-5H3,(H,22,23). The highest BCUT2D eigenvalue weighted by molar-refractivity contribution is 6.55. The van der Waals surface area contributed by atoms with Crippen molar-refractivity contribution in [3.8, 4) is 0 Å². The second-order valence-electron chi connectivity index (χ2n) is 7.26. The molecule has 0 aromatic heterocycles. The van der Waals surface area contributed by atoms with Crippen molar-refractivity contribution in [1.82, 2.24) is 5.32 Å². The van der Waals surface area contributed by atoms with Crippen molar-refractivity contribution < 1.29 is 19.2 Å². The fraction of sp³-hybridized carbons (Fsp3) is 0.500. The predicted molar refractivity (Wildman–Crippen MR) is 101 cm³/mol. The molecule has 2 rings (SSSR count). The Morgan fingerprint density at radius 3 is 2.40 bits per heavy atom. The van der Waals surface area contributed by atoms with E-state index in [0.29, 0.717) is 17.1 Å². The van der Waals surface area contributed by atoms with Crippen LogP contribution in [0.3, 0.4) is 0 Å². The molecule has 2 N–H and O–H groups in total. The smallest absolute Gasteiger partial charge is 0.481 e. The molecule has 1 fully saturated rings. The molecule has 1 saturated heterocycles. The van der Waals surface area contributed by atoms with Crippen LogP contribution in [0.2, 0.25) is 5.02 Å². The number of carboxylic acids is 1. The summed E-state index contributed by atoms with van der Waals surface area (Å²) in [5.41, 5.74) is 1.55. The molecule has 0 atom stereocenters. The molecule has 0 aliphatic carbocycles. The van der Waals surface area contributed by atoms with Crippen LogP contribution in [0.25, 0.3) is 6.08 Å². The Kier molecular flexibility index (Phi) is 5.99. The Labute approximate surface area is 154 Å². The fourth-order valence-corrected chi connectivity index (χ4v) is 2.78. The zero-order valence-corrected chi connectivity index (χ0v) is 16.1. The number of likely N-dealkylation sites (N-methyl/N-ethyl adjacent to an activating group) is 1. The quantitative estimate of drug-likeness (QED) is 0.758. The lowest BCUT2D eigenvalue weighted by atomic mass is 9.77. The molecule has 1 heterocycles. The molecule has 0 unspecified atom stereocenters. The van der Waals surface area contributed by atoms with Crippen molar-refractivity contribution in [1.29, 1.82) is 0 Å². The molecule has 0 spiro atoms. The van der Waals surface area contributed by atoms with Crippen molar-refractivity contribution in [2.75, 3.05) is 13.6 Å². The molecule has 1 aliphatic rings. The van der Waals surface area contributed by atoms with Crippen LogP contribution in [0.5, 0.6) is 0 Å². The third-order valence-electron chi connectivity index (χ3n) is 4.70. The lowest BCUT2D eigenvalue weighted by Gasteiger charge is -2.32. The Morgan fingerprint density at radius 1 is 1.28 bits per heavy atom. The number of rotatable bonds is 6. The largest absolute Gasteiger partial charge is 0.491 e. The van der Waals surface area contributed by atoms with E-state index in [0.717, 1.165) is 11.0 Å². The lowest BCUT2D eigenvalue weighted by Crippen LogP contribution is -2.41. The van der Waals surface area contributed by atoms with Gasteiger partial charge in [-0.2, -0.15) is 0 Å². The molecule has 0 amide bonds. The number of halogens is 1. The van der Waals surface area contributed by atoms with Crippen molar-refractivity contribution in [3.63, 3.8) is 0 Å². The molecule has 25 heavy (non-hydrogen) atoms. The zero-order valence-electron chi connectivity index (χ0n) is 15.4.